The molecule has 1 aliphatic carbocycles. The third-order valence-corrected chi connectivity index (χ3v) is 3.28. The number of benzene rings is 2. The molecule has 1 nitrogen and oxygen atoms in total. The number of rotatable bonds is 1. The number of nitrogens with one attached hydrogen (secondary N) is 1. The maximum absolute atomic E-state index is 7.00. The summed E-state index contributed by atoms with van der Waals surface area (Å²) < 4.78 is 0. The maximum atomic E-state index is 7.00. The number of allylic oxidation sites excluding steroid dienone is 4. The van der Waals surface area contributed by atoms with Gasteiger partial charge in [0.15, 0.2) is 0 Å². The van der Waals surface area contributed by atoms with Gasteiger partial charge in [-0.25, -0.2) is 0 Å². The molecule has 120 valence electrons. The third kappa shape index (κ3) is 7.33. The zero-order valence-corrected chi connectivity index (χ0v) is 16.3. The first-order valence-electron chi connectivity index (χ1n) is 6.73. The Hall–Kier alpha value is -1.12. The van der Waals surface area contributed by atoms with Crippen molar-refractivity contribution in [2.45, 2.75) is 13.3 Å². The molecule has 0 fully saturated rings. The van der Waals surface area contributed by atoms with Crippen LogP contribution >= 0.6 is 24.8 Å². The maximum Gasteiger partial charge on any atom is 2.00 e. The van der Waals surface area contributed by atoms with Crippen molar-refractivity contribution >= 4 is 36.1 Å². The normalized spacial score (nSPS) is 11.3. The van der Waals surface area contributed by atoms with Crippen LogP contribution in [0.1, 0.15) is 24.5 Å². The van der Waals surface area contributed by atoms with E-state index in [1.165, 1.54) is 16.7 Å². The van der Waals surface area contributed by atoms with Crippen LogP contribution in [0.25, 0.3) is 11.3 Å². The van der Waals surface area contributed by atoms with Crippen molar-refractivity contribution in [3.05, 3.63) is 96.1 Å². The molecule has 0 atom stereocenters. The van der Waals surface area contributed by atoms with Crippen molar-refractivity contribution in [3.63, 3.8) is 0 Å². The Labute approximate surface area is 166 Å². The topological polar surface area (TPSA) is 23.8 Å². The van der Waals surface area contributed by atoms with Gasteiger partial charge in [0.05, 0.1) is 0 Å². The molecule has 0 bridgehead atoms. The van der Waals surface area contributed by atoms with Gasteiger partial charge in [-0.2, -0.15) is 18.6 Å². The predicted octanol–water partition coefficient (Wildman–Crippen LogP) is 6.81. The van der Waals surface area contributed by atoms with E-state index in [1.807, 2.05) is 24.3 Å². The molecule has 1 N–H and O–H groups in total. The number of halogens is 2. The van der Waals surface area contributed by atoms with Gasteiger partial charge in [-0.15, -0.1) is 48.2 Å². The molecule has 0 saturated heterocycles. The smallest absolute Gasteiger partial charge is 0.699 e. The van der Waals surface area contributed by atoms with Gasteiger partial charge < -0.3 is 5.73 Å². The molecular formula is C19H21Cl2NTi. The fourth-order valence-corrected chi connectivity index (χ4v) is 2.19. The van der Waals surface area contributed by atoms with Crippen LogP contribution in [-0.4, -0.2) is 0 Å². The largest absolute Gasteiger partial charge is 2.00 e. The molecule has 0 spiro atoms. The van der Waals surface area contributed by atoms with Crippen molar-refractivity contribution in [2.24, 2.45) is 0 Å². The quantitative estimate of drug-likeness (QED) is 0.382. The van der Waals surface area contributed by atoms with Crippen LogP contribution in [0.5, 0.6) is 0 Å². The van der Waals surface area contributed by atoms with Crippen LogP contribution in [0.2, 0.25) is 0 Å². The van der Waals surface area contributed by atoms with Gasteiger partial charge in [0.2, 0.25) is 0 Å². The Bertz CT molecular complexity index is 637. The first-order chi connectivity index (χ1) is 9.68. The van der Waals surface area contributed by atoms with E-state index in [1.54, 1.807) is 12.1 Å². The number of hydrogen-bond acceptors (Lipinski definition) is 0. The van der Waals surface area contributed by atoms with Crippen molar-refractivity contribution in [2.75, 3.05) is 0 Å². The first-order valence-corrected chi connectivity index (χ1v) is 6.73. The average Bonchev–Trinajstić information content (AvgIpc) is 2.87. The standard InChI is InChI=1S/C13H13.C6H6N.2ClH.Ti/c1-10-6-3-4-8-12(10)13-9-5-7-11(13)2;7-6-4-2-1-3-5-6;;;/h3-8H,1,9H2,2H3;1-5,7H;2*1H;/q2*-1;;;+2. The molecule has 3 rings (SSSR count). The van der Waals surface area contributed by atoms with Gasteiger partial charge in [-0.1, -0.05) is 59.7 Å². The molecule has 0 radical (unpaired) electrons. The molecule has 0 unspecified atom stereocenters. The van der Waals surface area contributed by atoms with E-state index in [-0.39, 0.29) is 46.5 Å². The minimum absolute atomic E-state index is 0. The monoisotopic (exact) mass is 381 g/mol. The first kappa shape index (κ1) is 24.1. The second-order valence-corrected chi connectivity index (χ2v) is 4.79. The summed E-state index contributed by atoms with van der Waals surface area (Å²) in [5, 5.41) is 0. The van der Waals surface area contributed by atoms with Crippen LogP contribution in [0.4, 0.5) is 5.69 Å². The fourth-order valence-electron chi connectivity index (χ4n) is 2.19. The minimum atomic E-state index is 0. The molecule has 1 aliphatic rings. The SMILES string of the molecule is Cl.Cl.[CH2-]c1ccccc1C1=C(C)C=CC1.[NH-]c1ccccc1.[Ti+2]. The summed E-state index contributed by atoms with van der Waals surface area (Å²) in [5.74, 6) is 0. The van der Waals surface area contributed by atoms with Crippen LogP contribution in [0.15, 0.2) is 72.3 Å². The Morgan fingerprint density at radius 3 is 1.91 bits per heavy atom. The fraction of sp³-hybridized carbons (Fsp3) is 0.105. The molecule has 4 heteroatoms. The summed E-state index contributed by atoms with van der Waals surface area (Å²) in [5.41, 5.74) is 12.8. The van der Waals surface area contributed by atoms with E-state index in [9.17, 15) is 0 Å². The van der Waals surface area contributed by atoms with Gasteiger partial charge in [-0.05, 0) is 13.3 Å². The Morgan fingerprint density at radius 1 is 0.913 bits per heavy atom. The van der Waals surface area contributed by atoms with Gasteiger partial charge in [0, 0.05) is 0 Å². The van der Waals surface area contributed by atoms with E-state index < -0.39 is 0 Å². The average molecular weight is 382 g/mol. The molecule has 0 heterocycles. The van der Waals surface area contributed by atoms with Gasteiger partial charge in [0.25, 0.3) is 0 Å². The van der Waals surface area contributed by atoms with Crippen LogP contribution in [-0.2, 0) is 21.7 Å². The van der Waals surface area contributed by atoms with E-state index in [0.29, 0.717) is 5.69 Å². The Morgan fingerprint density at radius 2 is 1.48 bits per heavy atom. The molecule has 0 saturated carbocycles. The molecule has 0 amide bonds. The zero-order valence-electron chi connectivity index (χ0n) is 13.1. The van der Waals surface area contributed by atoms with Crippen LogP contribution in [0, 0.1) is 6.92 Å². The van der Waals surface area contributed by atoms with Crippen molar-refractivity contribution < 1.29 is 21.7 Å². The molecule has 23 heavy (non-hydrogen) atoms. The molecule has 2 aromatic rings. The van der Waals surface area contributed by atoms with Crippen molar-refractivity contribution in [1.82, 2.24) is 0 Å². The van der Waals surface area contributed by atoms with E-state index in [2.05, 4.69) is 44.2 Å². The molecular weight excluding hydrogens is 361 g/mol. The molecule has 0 aliphatic heterocycles. The van der Waals surface area contributed by atoms with Gasteiger partial charge >= 0.3 is 21.7 Å². The van der Waals surface area contributed by atoms with E-state index >= 15 is 0 Å². The summed E-state index contributed by atoms with van der Waals surface area (Å²) in [6.07, 6.45) is 5.44. The summed E-state index contributed by atoms with van der Waals surface area (Å²) in [7, 11) is 0. The third-order valence-electron chi connectivity index (χ3n) is 3.28. The van der Waals surface area contributed by atoms with Gasteiger partial charge in [-0.3, -0.25) is 0 Å². The predicted molar refractivity (Wildman–Crippen MR) is 102 cm³/mol. The summed E-state index contributed by atoms with van der Waals surface area (Å²) in [4.78, 5) is 0. The van der Waals surface area contributed by atoms with Gasteiger partial charge in [0.1, 0.15) is 0 Å². The summed E-state index contributed by atoms with van der Waals surface area (Å²) >= 11 is 0. The summed E-state index contributed by atoms with van der Waals surface area (Å²) in [6, 6.07) is 17.4. The zero-order chi connectivity index (χ0) is 14.4. The minimum Gasteiger partial charge on any atom is -0.699 e. The van der Waals surface area contributed by atoms with E-state index in [0.717, 1.165) is 12.0 Å². The van der Waals surface area contributed by atoms with Crippen LogP contribution in [0.3, 0.4) is 0 Å². The second kappa shape index (κ2) is 12.3. The van der Waals surface area contributed by atoms with E-state index in [4.69, 9.17) is 5.73 Å². The molecule has 2 aromatic carbocycles. The Kier molecular flexibility index (Phi) is 12.9. The second-order valence-electron chi connectivity index (χ2n) is 4.79. The number of hydrogen-bond donors (Lipinski definition) is 0. The summed E-state index contributed by atoms with van der Waals surface area (Å²) in [6.45, 7) is 6.20. The molecule has 0 aromatic heterocycles. The van der Waals surface area contributed by atoms with Crippen molar-refractivity contribution in [3.8, 4) is 0 Å². The van der Waals surface area contributed by atoms with Crippen LogP contribution < -0.4 is 0 Å². The Balaban J connectivity index is 0. The van der Waals surface area contributed by atoms with Crippen molar-refractivity contribution in [1.29, 1.82) is 0 Å².